The number of carbonyl (C=O) groups excluding carboxylic acids is 1. The number of methoxy groups -OCH3 is 2. The van der Waals surface area contributed by atoms with Gasteiger partial charge in [-0.1, -0.05) is 0 Å². The summed E-state index contributed by atoms with van der Waals surface area (Å²) in [4.78, 5) is 21.6. The first-order valence-corrected chi connectivity index (χ1v) is 8.91. The minimum atomic E-state index is -0.522. The number of halogens is 1. The van der Waals surface area contributed by atoms with E-state index in [-0.39, 0.29) is 12.3 Å². The van der Waals surface area contributed by atoms with Crippen molar-refractivity contribution < 1.29 is 23.9 Å². The fraction of sp³-hybridized carbons (Fsp3) is 0.158. The summed E-state index contributed by atoms with van der Waals surface area (Å²) in [5.74, 6) is 0.259. The van der Waals surface area contributed by atoms with Gasteiger partial charge in [-0.15, -0.1) is 0 Å². The minimum absolute atomic E-state index is 0.0515. The topological polar surface area (TPSA) is 112 Å². The zero-order valence-corrected chi connectivity index (χ0v) is 17.1. The van der Waals surface area contributed by atoms with Crippen LogP contribution >= 0.6 is 22.6 Å². The molecule has 8 nitrogen and oxygen atoms in total. The normalized spacial score (nSPS) is 10.7. The number of hydrogen-bond acceptors (Lipinski definition) is 7. The Kier molecular flexibility index (Phi) is 7.34. The molecule has 0 unspecified atom stereocenters. The molecular weight excluding hydrogens is 479 g/mol. The first kappa shape index (κ1) is 21.2. The monoisotopic (exact) mass is 494 g/mol. The summed E-state index contributed by atoms with van der Waals surface area (Å²) in [5.41, 5.74) is 1.50. The van der Waals surface area contributed by atoms with Crippen LogP contribution in [0, 0.1) is 25.0 Å². The Bertz CT molecular complexity index is 964. The first-order valence-electron chi connectivity index (χ1n) is 7.83. The number of nitro groups is 1. The van der Waals surface area contributed by atoms with Gasteiger partial charge in [0, 0.05) is 12.1 Å². The lowest BCUT2D eigenvalue weighted by Gasteiger charge is -2.13. The molecule has 2 rings (SSSR count). The van der Waals surface area contributed by atoms with E-state index in [0.29, 0.717) is 31.8 Å². The molecule has 0 bridgehead atoms. The van der Waals surface area contributed by atoms with Gasteiger partial charge in [0.1, 0.15) is 0 Å². The molecule has 0 fully saturated rings. The number of non-ortho nitro benzene ring substituents is 1. The van der Waals surface area contributed by atoms with Crippen LogP contribution in [0.5, 0.6) is 11.5 Å². The zero-order valence-electron chi connectivity index (χ0n) is 15.0. The number of nitrogens with zero attached hydrogens (tertiary/aromatic N) is 2. The number of ether oxygens (including phenoxy) is 3. The number of benzene rings is 2. The highest BCUT2D eigenvalue weighted by Crippen LogP contribution is 2.35. The standard InChI is InChI=1S/C19H15IN2O6/c1-26-17-9-12(8-16(20)19(17)28-11-18(23)27-2)7-14(10-21)13-3-5-15(6-4-13)22(24)25/h3-9H,11H2,1-2H3/b14-7-. The van der Waals surface area contributed by atoms with Crippen molar-refractivity contribution in [2.75, 3.05) is 20.8 Å². The van der Waals surface area contributed by atoms with Gasteiger partial charge in [0.2, 0.25) is 0 Å². The van der Waals surface area contributed by atoms with Gasteiger partial charge in [0.25, 0.3) is 5.69 Å². The fourth-order valence-corrected chi connectivity index (χ4v) is 3.04. The molecule has 0 atom stereocenters. The molecule has 0 saturated carbocycles. The highest BCUT2D eigenvalue weighted by atomic mass is 127. The van der Waals surface area contributed by atoms with Crippen molar-refractivity contribution in [3.63, 3.8) is 0 Å². The van der Waals surface area contributed by atoms with E-state index in [0.717, 1.165) is 0 Å². The molecule has 0 aromatic heterocycles. The second-order valence-corrected chi connectivity index (χ2v) is 6.53. The van der Waals surface area contributed by atoms with Crippen molar-refractivity contribution in [3.8, 4) is 17.6 Å². The summed E-state index contributed by atoms with van der Waals surface area (Å²) in [5, 5.41) is 20.2. The maximum absolute atomic E-state index is 11.3. The number of carbonyl (C=O) groups is 1. The Morgan fingerprint density at radius 1 is 1.29 bits per heavy atom. The van der Waals surface area contributed by atoms with Gasteiger partial charge in [0.15, 0.2) is 18.1 Å². The van der Waals surface area contributed by atoms with Gasteiger partial charge >= 0.3 is 5.97 Å². The average molecular weight is 494 g/mol. The van der Waals surface area contributed by atoms with Gasteiger partial charge in [-0.2, -0.15) is 5.26 Å². The van der Waals surface area contributed by atoms with Gasteiger partial charge < -0.3 is 14.2 Å². The lowest BCUT2D eigenvalue weighted by Crippen LogP contribution is -2.13. The van der Waals surface area contributed by atoms with E-state index in [9.17, 15) is 20.2 Å². The average Bonchev–Trinajstić information content (AvgIpc) is 2.70. The Hall–Kier alpha value is -3.13. The molecule has 2 aromatic carbocycles. The maximum atomic E-state index is 11.3. The van der Waals surface area contributed by atoms with Gasteiger partial charge in [-0.3, -0.25) is 10.1 Å². The number of esters is 1. The van der Waals surface area contributed by atoms with Crippen LogP contribution in [-0.2, 0) is 9.53 Å². The number of allylic oxidation sites excluding steroid dienone is 1. The minimum Gasteiger partial charge on any atom is -0.493 e. The van der Waals surface area contributed by atoms with E-state index in [2.05, 4.69) is 10.8 Å². The quantitative estimate of drug-likeness (QED) is 0.144. The number of nitro benzene ring substituents is 1. The van der Waals surface area contributed by atoms with Crippen LogP contribution in [0.4, 0.5) is 5.69 Å². The summed E-state index contributed by atoms with van der Waals surface area (Å²) >= 11 is 2.03. The van der Waals surface area contributed by atoms with Crippen molar-refractivity contribution >= 4 is 45.9 Å². The molecular formula is C19H15IN2O6. The van der Waals surface area contributed by atoms with E-state index in [1.165, 1.54) is 38.5 Å². The molecule has 144 valence electrons. The lowest BCUT2D eigenvalue weighted by atomic mass is 10.0. The summed E-state index contributed by atoms with van der Waals surface area (Å²) < 4.78 is 16.0. The van der Waals surface area contributed by atoms with Gasteiger partial charge in [-0.25, -0.2) is 4.79 Å². The van der Waals surface area contributed by atoms with E-state index in [1.807, 2.05) is 22.6 Å². The van der Waals surface area contributed by atoms with Crippen molar-refractivity contribution in [3.05, 3.63) is 61.2 Å². The Morgan fingerprint density at radius 3 is 2.50 bits per heavy atom. The molecule has 28 heavy (non-hydrogen) atoms. The highest BCUT2D eigenvalue weighted by molar-refractivity contribution is 14.1. The third-order valence-electron chi connectivity index (χ3n) is 3.63. The van der Waals surface area contributed by atoms with Crippen LogP contribution in [0.25, 0.3) is 11.6 Å². The van der Waals surface area contributed by atoms with Crippen LogP contribution in [0.15, 0.2) is 36.4 Å². The predicted octanol–water partition coefficient (Wildman–Crippen LogP) is 3.82. The Labute approximate surface area is 174 Å². The van der Waals surface area contributed by atoms with Crippen LogP contribution in [0.2, 0.25) is 0 Å². The smallest absolute Gasteiger partial charge is 0.343 e. The third-order valence-corrected chi connectivity index (χ3v) is 4.44. The fourth-order valence-electron chi connectivity index (χ4n) is 2.26. The van der Waals surface area contributed by atoms with Gasteiger partial charge in [0.05, 0.1) is 34.4 Å². The Balaban J connectivity index is 2.37. The summed E-state index contributed by atoms with van der Waals surface area (Å²) in [6.07, 6.45) is 1.63. The molecule has 0 heterocycles. The van der Waals surface area contributed by atoms with Crippen molar-refractivity contribution in [2.45, 2.75) is 0 Å². The SMILES string of the molecule is COC(=O)COc1c(I)cc(/C=C(/C#N)c2ccc([N+](=O)[O-])cc2)cc1OC. The van der Waals surface area contributed by atoms with E-state index in [4.69, 9.17) is 9.47 Å². The van der Waals surface area contributed by atoms with Crippen LogP contribution in [0.3, 0.4) is 0 Å². The van der Waals surface area contributed by atoms with Crippen molar-refractivity contribution in [1.29, 1.82) is 5.26 Å². The van der Waals surface area contributed by atoms with Crippen LogP contribution in [-0.4, -0.2) is 31.7 Å². The van der Waals surface area contributed by atoms with Crippen LogP contribution in [0.1, 0.15) is 11.1 Å². The summed E-state index contributed by atoms with van der Waals surface area (Å²) in [7, 11) is 2.73. The first-order chi connectivity index (χ1) is 13.4. The number of nitriles is 1. The molecule has 0 spiro atoms. The predicted molar refractivity (Wildman–Crippen MR) is 110 cm³/mol. The van der Waals surface area contributed by atoms with E-state index in [1.54, 1.807) is 18.2 Å². The summed E-state index contributed by atoms with van der Waals surface area (Å²) in [6.45, 7) is -0.260. The molecule has 0 radical (unpaired) electrons. The second-order valence-electron chi connectivity index (χ2n) is 5.37. The molecule has 0 aliphatic heterocycles. The number of hydrogen-bond donors (Lipinski definition) is 0. The van der Waals surface area contributed by atoms with E-state index >= 15 is 0 Å². The molecule has 0 aliphatic rings. The molecule has 0 amide bonds. The molecule has 0 aliphatic carbocycles. The second kappa shape index (κ2) is 9.70. The maximum Gasteiger partial charge on any atom is 0.343 e. The molecule has 0 N–H and O–H groups in total. The van der Waals surface area contributed by atoms with E-state index < -0.39 is 10.9 Å². The Morgan fingerprint density at radius 2 is 1.96 bits per heavy atom. The van der Waals surface area contributed by atoms with Crippen molar-refractivity contribution in [1.82, 2.24) is 0 Å². The molecule has 2 aromatic rings. The molecule has 9 heteroatoms. The number of rotatable bonds is 7. The van der Waals surface area contributed by atoms with Crippen LogP contribution < -0.4 is 9.47 Å². The lowest BCUT2D eigenvalue weighted by molar-refractivity contribution is -0.384. The zero-order chi connectivity index (χ0) is 20.7. The van der Waals surface area contributed by atoms with Crippen molar-refractivity contribution in [2.24, 2.45) is 0 Å². The van der Waals surface area contributed by atoms with Gasteiger partial charge in [-0.05, 0) is 64.1 Å². The molecule has 0 saturated heterocycles. The third kappa shape index (κ3) is 5.20. The highest BCUT2D eigenvalue weighted by Gasteiger charge is 2.14. The largest absolute Gasteiger partial charge is 0.493 e. The summed E-state index contributed by atoms with van der Waals surface area (Å²) in [6, 6.07) is 11.2.